The van der Waals surface area contributed by atoms with Crippen molar-refractivity contribution in [1.82, 2.24) is 0 Å². The summed E-state index contributed by atoms with van der Waals surface area (Å²) in [7, 11) is 0. The van der Waals surface area contributed by atoms with E-state index in [2.05, 4.69) is 53.9 Å². The van der Waals surface area contributed by atoms with Crippen LogP contribution in [0.2, 0.25) is 5.02 Å². The largest absolute Gasteiger partial charge is 0.131 e. The molecule has 0 radical (unpaired) electrons. The summed E-state index contributed by atoms with van der Waals surface area (Å²) in [6.45, 7) is 0. The molecule has 1 heterocycles. The Balaban J connectivity index is 2.31. The Hall–Kier alpha value is 0.650. The number of halogens is 4. The van der Waals surface area contributed by atoms with Crippen molar-refractivity contribution in [3.8, 4) is 0 Å². The van der Waals surface area contributed by atoms with Gasteiger partial charge in [0.25, 0.3) is 0 Å². The van der Waals surface area contributed by atoms with E-state index in [-0.39, 0.29) is 4.83 Å². The molecule has 1 aromatic carbocycles. The maximum absolute atomic E-state index is 5.86. The summed E-state index contributed by atoms with van der Waals surface area (Å²) >= 11 is 18.3. The van der Waals surface area contributed by atoms with E-state index in [1.54, 1.807) is 11.3 Å². The van der Waals surface area contributed by atoms with E-state index < -0.39 is 0 Å². The monoisotopic (exact) mass is 442 g/mol. The minimum Gasteiger partial charge on any atom is -0.131 e. The summed E-state index contributed by atoms with van der Waals surface area (Å²) < 4.78 is 2.20. The van der Waals surface area contributed by atoms with Crippen molar-refractivity contribution < 1.29 is 0 Å². The van der Waals surface area contributed by atoms with Crippen LogP contribution in [-0.2, 0) is 0 Å². The molecule has 16 heavy (non-hydrogen) atoms. The van der Waals surface area contributed by atoms with Gasteiger partial charge >= 0.3 is 0 Å². The molecule has 0 spiro atoms. The second-order valence-corrected chi connectivity index (χ2v) is 7.79. The summed E-state index contributed by atoms with van der Waals surface area (Å²) in [5.74, 6) is 0. The van der Waals surface area contributed by atoms with Crippen LogP contribution in [0.1, 0.15) is 15.3 Å². The molecule has 0 fully saturated rings. The molecule has 2 rings (SSSR count). The Morgan fingerprint density at radius 3 is 2.25 bits per heavy atom. The first-order valence-electron chi connectivity index (χ1n) is 4.42. The third-order valence-electron chi connectivity index (χ3n) is 2.08. The van der Waals surface area contributed by atoms with Gasteiger partial charge in [-0.1, -0.05) is 39.7 Å². The summed E-state index contributed by atoms with van der Waals surface area (Å²) in [6.07, 6.45) is 0. The van der Waals surface area contributed by atoms with Crippen molar-refractivity contribution in [2.45, 2.75) is 4.83 Å². The van der Waals surface area contributed by atoms with E-state index in [0.717, 1.165) is 13.3 Å². The Bertz CT molecular complexity index is 473. The summed E-state index contributed by atoms with van der Waals surface area (Å²) in [6, 6.07) is 9.99. The molecular formula is C11H6Br3ClS. The molecule has 0 aliphatic heterocycles. The molecule has 0 amide bonds. The van der Waals surface area contributed by atoms with Gasteiger partial charge in [-0.25, -0.2) is 0 Å². The Morgan fingerprint density at radius 1 is 1.12 bits per heavy atom. The highest BCUT2D eigenvalue weighted by Crippen LogP contribution is 2.41. The highest BCUT2D eigenvalue weighted by atomic mass is 79.9. The minimum atomic E-state index is 0.206. The number of hydrogen-bond donors (Lipinski definition) is 0. The topological polar surface area (TPSA) is 0 Å². The van der Waals surface area contributed by atoms with Crippen molar-refractivity contribution in [3.63, 3.8) is 0 Å². The molecule has 0 nitrogen and oxygen atoms in total. The van der Waals surface area contributed by atoms with Gasteiger partial charge in [0.2, 0.25) is 0 Å². The van der Waals surface area contributed by atoms with Gasteiger partial charge in [0.15, 0.2) is 0 Å². The fraction of sp³-hybridized carbons (Fsp3) is 0.0909. The summed E-state index contributed by atoms with van der Waals surface area (Å²) in [5.41, 5.74) is 1.20. The second kappa shape index (κ2) is 5.53. The molecular weight excluding hydrogens is 439 g/mol. The van der Waals surface area contributed by atoms with Gasteiger partial charge < -0.3 is 0 Å². The van der Waals surface area contributed by atoms with Gasteiger partial charge in [-0.15, -0.1) is 11.3 Å². The normalized spacial score (nSPS) is 12.8. The molecule has 1 atom stereocenters. The van der Waals surface area contributed by atoms with Crippen molar-refractivity contribution in [3.05, 3.63) is 54.1 Å². The molecule has 0 bridgehead atoms. The number of rotatable bonds is 2. The van der Waals surface area contributed by atoms with Crippen molar-refractivity contribution in [2.24, 2.45) is 0 Å². The first-order chi connectivity index (χ1) is 7.58. The maximum Gasteiger partial charge on any atom is 0.0843 e. The van der Waals surface area contributed by atoms with Crippen LogP contribution in [0.15, 0.2) is 38.6 Å². The third kappa shape index (κ3) is 2.91. The van der Waals surface area contributed by atoms with Crippen molar-refractivity contribution in [1.29, 1.82) is 0 Å². The van der Waals surface area contributed by atoms with Crippen LogP contribution >= 0.6 is 70.7 Å². The lowest BCUT2D eigenvalue weighted by Crippen LogP contribution is -1.88. The van der Waals surface area contributed by atoms with Gasteiger partial charge in [-0.3, -0.25) is 0 Å². The number of hydrogen-bond acceptors (Lipinski definition) is 1. The standard InChI is InChI=1S/C11H6Br3ClS/c12-8-5-9(16-11(8)14)10(13)6-1-3-7(15)4-2-6/h1-5,10H. The SMILES string of the molecule is Clc1ccc(C(Br)c2cc(Br)c(Br)s2)cc1. The van der Waals surface area contributed by atoms with Gasteiger partial charge in [0.1, 0.15) is 0 Å². The predicted molar refractivity (Wildman–Crippen MR) is 81.9 cm³/mol. The zero-order chi connectivity index (χ0) is 11.7. The van der Waals surface area contributed by atoms with Crippen LogP contribution in [0.5, 0.6) is 0 Å². The molecule has 0 saturated heterocycles. The van der Waals surface area contributed by atoms with Crippen LogP contribution in [0.25, 0.3) is 0 Å². The molecule has 84 valence electrons. The van der Waals surface area contributed by atoms with Crippen LogP contribution in [0.4, 0.5) is 0 Å². The molecule has 2 aromatic rings. The number of thiophene rings is 1. The van der Waals surface area contributed by atoms with Crippen LogP contribution in [-0.4, -0.2) is 0 Å². The second-order valence-electron chi connectivity index (χ2n) is 3.18. The molecule has 5 heteroatoms. The lowest BCUT2D eigenvalue weighted by atomic mass is 10.1. The number of benzene rings is 1. The molecule has 1 aromatic heterocycles. The summed E-state index contributed by atoms with van der Waals surface area (Å²) in [5, 5.41) is 0.761. The van der Waals surface area contributed by atoms with Crippen molar-refractivity contribution >= 4 is 70.7 Å². The van der Waals surface area contributed by atoms with Crippen LogP contribution in [0, 0.1) is 0 Å². The zero-order valence-electron chi connectivity index (χ0n) is 7.88. The van der Waals surface area contributed by atoms with E-state index in [0.29, 0.717) is 0 Å². The van der Waals surface area contributed by atoms with E-state index in [1.807, 2.05) is 24.3 Å². The van der Waals surface area contributed by atoms with Gasteiger partial charge in [0.05, 0.1) is 8.61 Å². The summed E-state index contributed by atoms with van der Waals surface area (Å²) in [4.78, 5) is 1.46. The third-order valence-corrected chi connectivity index (χ3v) is 6.97. The van der Waals surface area contributed by atoms with E-state index in [1.165, 1.54) is 10.4 Å². The fourth-order valence-electron chi connectivity index (χ4n) is 1.28. The Morgan fingerprint density at radius 2 is 1.75 bits per heavy atom. The van der Waals surface area contributed by atoms with E-state index in [4.69, 9.17) is 11.6 Å². The first-order valence-corrected chi connectivity index (χ1v) is 8.12. The minimum absolute atomic E-state index is 0.206. The van der Waals surface area contributed by atoms with Gasteiger partial charge in [-0.2, -0.15) is 0 Å². The van der Waals surface area contributed by atoms with E-state index >= 15 is 0 Å². The molecule has 0 N–H and O–H groups in total. The number of alkyl halides is 1. The highest BCUT2D eigenvalue weighted by molar-refractivity contribution is 9.13. The van der Waals surface area contributed by atoms with Crippen LogP contribution < -0.4 is 0 Å². The lowest BCUT2D eigenvalue weighted by Gasteiger charge is -2.07. The molecule has 0 saturated carbocycles. The predicted octanol–water partition coefficient (Wildman–Crippen LogP) is 6.41. The lowest BCUT2D eigenvalue weighted by molar-refractivity contribution is 1.22. The molecule has 1 unspecified atom stereocenters. The quantitative estimate of drug-likeness (QED) is 0.469. The molecule has 0 aliphatic rings. The zero-order valence-corrected chi connectivity index (χ0v) is 14.2. The van der Waals surface area contributed by atoms with Gasteiger partial charge in [-0.05, 0) is 55.6 Å². The molecule has 0 aliphatic carbocycles. The highest BCUT2D eigenvalue weighted by Gasteiger charge is 2.14. The van der Waals surface area contributed by atoms with Crippen LogP contribution in [0.3, 0.4) is 0 Å². The Labute approximate surface area is 128 Å². The Kier molecular flexibility index (Phi) is 4.52. The first kappa shape index (κ1) is 13.1. The maximum atomic E-state index is 5.86. The van der Waals surface area contributed by atoms with Gasteiger partial charge in [0, 0.05) is 14.4 Å². The van der Waals surface area contributed by atoms with Crippen molar-refractivity contribution in [2.75, 3.05) is 0 Å². The smallest absolute Gasteiger partial charge is 0.0843 e. The van der Waals surface area contributed by atoms with E-state index in [9.17, 15) is 0 Å². The average molecular weight is 445 g/mol. The fourth-order valence-corrected chi connectivity index (χ4v) is 4.22. The average Bonchev–Trinajstić information content (AvgIpc) is 2.59.